The van der Waals surface area contributed by atoms with Crippen LogP contribution in [0.25, 0.3) is 0 Å². The van der Waals surface area contributed by atoms with Crippen LogP contribution < -0.4 is 9.64 Å². The number of carbonyl (C=O) groups excluding carboxylic acids is 2. The maximum absolute atomic E-state index is 13.0. The second-order valence-electron chi connectivity index (χ2n) is 6.84. The highest BCUT2D eigenvalue weighted by Gasteiger charge is 2.21. The van der Waals surface area contributed by atoms with Crippen LogP contribution in [0.5, 0.6) is 5.75 Å². The predicted octanol–water partition coefficient (Wildman–Crippen LogP) is 4.77. The van der Waals surface area contributed by atoms with Gasteiger partial charge in [0.1, 0.15) is 18.9 Å². The number of ether oxygens (including phenoxy) is 2. The Morgan fingerprint density at radius 3 is 2.37 bits per heavy atom. The SMILES string of the molecule is CCOC(=O)CN(C(=O)Cc1ccc(OCc2ccccc2)cc1)c1cc(C)cs1. The van der Waals surface area contributed by atoms with Crippen LogP contribution >= 0.6 is 11.3 Å². The van der Waals surface area contributed by atoms with E-state index >= 15 is 0 Å². The molecule has 1 heterocycles. The number of thiophene rings is 1. The molecule has 0 bridgehead atoms. The number of hydrogen-bond acceptors (Lipinski definition) is 5. The van der Waals surface area contributed by atoms with Crippen LogP contribution in [0.4, 0.5) is 5.00 Å². The lowest BCUT2D eigenvalue weighted by atomic mass is 10.1. The van der Waals surface area contributed by atoms with E-state index in [1.54, 1.807) is 6.92 Å². The van der Waals surface area contributed by atoms with Crippen molar-refractivity contribution < 1.29 is 19.1 Å². The van der Waals surface area contributed by atoms with Gasteiger partial charge in [-0.2, -0.15) is 0 Å². The van der Waals surface area contributed by atoms with E-state index in [-0.39, 0.29) is 25.5 Å². The smallest absolute Gasteiger partial charge is 0.326 e. The topological polar surface area (TPSA) is 55.8 Å². The highest BCUT2D eigenvalue weighted by molar-refractivity contribution is 7.14. The van der Waals surface area contributed by atoms with Crippen LogP contribution in [-0.4, -0.2) is 25.0 Å². The third-order valence-corrected chi connectivity index (χ3v) is 5.47. The molecule has 0 aliphatic rings. The van der Waals surface area contributed by atoms with Crippen LogP contribution in [-0.2, 0) is 27.4 Å². The number of carbonyl (C=O) groups is 2. The number of hydrogen-bond donors (Lipinski definition) is 0. The number of amides is 1. The molecule has 3 rings (SSSR count). The molecule has 0 unspecified atom stereocenters. The van der Waals surface area contributed by atoms with Gasteiger partial charge < -0.3 is 9.47 Å². The van der Waals surface area contributed by atoms with Crippen LogP contribution in [0.2, 0.25) is 0 Å². The number of anilines is 1. The molecule has 0 aliphatic carbocycles. The highest BCUT2D eigenvalue weighted by atomic mass is 32.1. The Labute approximate surface area is 180 Å². The molecule has 0 atom stereocenters. The van der Waals surface area contributed by atoms with E-state index in [9.17, 15) is 9.59 Å². The fraction of sp³-hybridized carbons (Fsp3) is 0.250. The molecule has 30 heavy (non-hydrogen) atoms. The normalized spacial score (nSPS) is 10.5. The van der Waals surface area contributed by atoms with E-state index in [1.807, 2.05) is 73.0 Å². The van der Waals surface area contributed by atoms with Crippen molar-refractivity contribution in [3.63, 3.8) is 0 Å². The molecule has 1 aromatic heterocycles. The Morgan fingerprint density at radius 1 is 1.00 bits per heavy atom. The first-order valence-corrected chi connectivity index (χ1v) is 10.7. The second kappa shape index (κ2) is 10.6. The van der Waals surface area contributed by atoms with Crippen molar-refractivity contribution in [3.8, 4) is 5.75 Å². The first kappa shape index (κ1) is 21.6. The minimum atomic E-state index is -0.415. The Bertz CT molecular complexity index is 966. The molecule has 1 amide bonds. The fourth-order valence-electron chi connectivity index (χ4n) is 2.90. The molecule has 3 aromatic rings. The van der Waals surface area contributed by atoms with E-state index in [0.29, 0.717) is 6.61 Å². The molecule has 0 saturated carbocycles. The summed E-state index contributed by atoms with van der Waals surface area (Å²) in [5, 5.41) is 2.70. The highest BCUT2D eigenvalue weighted by Crippen LogP contribution is 2.25. The first-order chi connectivity index (χ1) is 14.5. The maximum Gasteiger partial charge on any atom is 0.326 e. The van der Waals surface area contributed by atoms with Crippen LogP contribution in [0.1, 0.15) is 23.6 Å². The van der Waals surface area contributed by atoms with Crippen molar-refractivity contribution in [1.29, 1.82) is 0 Å². The third kappa shape index (κ3) is 6.19. The maximum atomic E-state index is 13.0. The molecule has 0 radical (unpaired) electrons. The summed E-state index contributed by atoms with van der Waals surface area (Å²) in [4.78, 5) is 26.4. The standard InChI is InChI=1S/C24H25NO4S/c1-3-28-24(27)15-25(23-13-18(2)17-30-23)22(26)14-19-9-11-21(12-10-19)29-16-20-7-5-4-6-8-20/h4-13,17H,3,14-16H2,1-2H3. The number of rotatable bonds is 9. The first-order valence-electron chi connectivity index (χ1n) is 9.82. The summed E-state index contributed by atoms with van der Waals surface area (Å²) in [6.45, 7) is 4.39. The minimum Gasteiger partial charge on any atom is -0.489 e. The zero-order valence-electron chi connectivity index (χ0n) is 17.2. The van der Waals surface area contributed by atoms with Crippen molar-refractivity contribution in [2.75, 3.05) is 18.1 Å². The molecule has 0 N–H and O–H groups in total. The Kier molecular flexibility index (Phi) is 7.63. The summed E-state index contributed by atoms with van der Waals surface area (Å²) < 4.78 is 10.8. The van der Waals surface area contributed by atoms with Gasteiger partial charge in [0.25, 0.3) is 0 Å². The van der Waals surface area contributed by atoms with Crippen LogP contribution in [0.3, 0.4) is 0 Å². The van der Waals surface area contributed by atoms with Crippen molar-refractivity contribution in [2.45, 2.75) is 26.9 Å². The molecular weight excluding hydrogens is 398 g/mol. The average molecular weight is 424 g/mol. The third-order valence-electron chi connectivity index (χ3n) is 4.40. The van der Waals surface area contributed by atoms with Crippen LogP contribution in [0, 0.1) is 6.92 Å². The minimum absolute atomic E-state index is 0.0924. The van der Waals surface area contributed by atoms with Crippen molar-refractivity contribution in [1.82, 2.24) is 0 Å². The lowest BCUT2D eigenvalue weighted by molar-refractivity contribution is -0.142. The molecule has 5 nitrogen and oxygen atoms in total. The second-order valence-corrected chi connectivity index (χ2v) is 7.73. The quantitative estimate of drug-likeness (QED) is 0.465. The molecule has 6 heteroatoms. The molecule has 0 saturated heterocycles. The average Bonchev–Trinajstić information content (AvgIpc) is 3.18. The Balaban J connectivity index is 1.63. The largest absolute Gasteiger partial charge is 0.489 e. The van der Waals surface area contributed by atoms with Gasteiger partial charge in [-0.05, 0) is 54.1 Å². The van der Waals surface area contributed by atoms with Gasteiger partial charge in [0.05, 0.1) is 18.0 Å². The summed E-state index contributed by atoms with van der Waals surface area (Å²) in [6.07, 6.45) is 0.190. The van der Waals surface area contributed by atoms with Crippen molar-refractivity contribution in [2.24, 2.45) is 0 Å². The van der Waals surface area contributed by atoms with Gasteiger partial charge in [-0.15, -0.1) is 11.3 Å². The zero-order valence-corrected chi connectivity index (χ0v) is 18.0. The number of aryl methyl sites for hydroxylation is 1. The van der Waals surface area contributed by atoms with Gasteiger partial charge in [-0.25, -0.2) is 0 Å². The van der Waals surface area contributed by atoms with Gasteiger partial charge >= 0.3 is 5.97 Å². The summed E-state index contributed by atoms with van der Waals surface area (Å²) in [5.41, 5.74) is 3.00. The van der Waals surface area contributed by atoms with Gasteiger partial charge in [-0.3, -0.25) is 14.5 Å². The Hall–Kier alpha value is -3.12. The zero-order chi connectivity index (χ0) is 21.3. The summed E-state index contributed by atoms with van der Waals surface area (Å²) in [5.74, 6) is 0.178. The summed E-state index contributed by atoms with van der Waals surface area (Å²) >= 11 is 1.44. The van der Waals surface area contributed by atoms with E-state index in [1.165, 1.54) is 16.2 Å². The van der Waals surface area contributed by atoms with E-state index in [0.717, 1.165) is 27.4 Å². The lowest BCUT2D eigenvalue weighted by Crippen LogP contribution is -2.37. The molecular formula is C24H25NO4S. The number of benzene rings is 2. The Morgan fingerprint density at radius 2 is 1.73 bits per heavy atom. The summed E-state index contributed by atoms with van der Waals surface area (Å²) in [7, 11) is 0. The van der Waals surface area contributed by atoms with Crippen molar-refractivity contribution >= 4 is 28.2 Å². The molecule has 0 spiro atoms. The number of nitrogens with zero attached hydrogens (tertiary/aromatic N) is 1. The van der Waals surface area contributed by atoms with Gasteiger partial charge in [0.2, 0.25) is 5.91 Å². The van der Waals surface area contributed by atoms with Crippen LogP contribution in [0.15, 0.2) is 66.0 Å². The fourth-order valence-corrected chi connectivity index (χ4v) is 3.82. The molecule has 0 fully saturated rings. The van der Waals surface area contributed by atoms with E-state index in [2.05, 4.69) is 0 Å². The summed E-state index contributed by atoms with van der Waals surface area (Å²) in [6, 6.07) is 19.3. The van der Waals surface area contributed by atoms with E-state index in [4.69, 9.17) is 9.47 Å². The van der Waals surface area contributed by atoms with Gasteiger partial charge in [-0.1, -0.05) is 42.5 Å². The number of esters is 1. The molecule has 156 valence electrons. The predicted molar refractivity (Wildman–Crippen MR) is 119 cm³/mol. The van der Waals surface area contributed by atoms with E-state index < -0.39 is 5.97 Å². The molecule has 2 aromatic carbocycles. The molecule has 0 aliphatic heterocycles. The lowest BCUT2D eigenvalue weighted by Gasteiger charge is -2.20. The van der Waals surface area contributed by atoms with Gasteiger partial charge in [0.15, 0.2) is 0 Å². The van der Waals surface area contributed by atoms with Gasteiger partial charge in [0, 0.05) is 0 Å². The van der Waals surface area contributed by atoms with Crippen molar-refractivity contribution in [3.05, 3.63) is 82.7 Å². The monoisotopic (exact) mass is 423 g/mol.